The normalized spacial score (nSPS) is 13.8. The summed E-state index contributed by atoms with van der Waals surface area (Å²) in [7, 11) is 5.46. The maximum atomic E-state index is 13.4. The molecule has 0 saturated carbocycles. The van der Waals surface area contributed by atoms with Gasteiger partial charge in [-0.25, -0.2) is 4.90 Å². The van der Waals surface area contributed by atoms with Gasteiger partial charge < -0.3 is 14.1 Å². The second-order valence-corrected chi connectivity index (χ2v) is 8.14. The lowest BCUT2D eigenvalue weighted by Gasteiger charge is -2.18. The van der Waals surface area contributed by atoms with Gasteiger partial charge in [-0.1, -0.05) is 12.1 Å². The van der Waals surface area contributed by atoms with Crippen LogP contribution in [0.15, 0.2) is 76.2 Å². The Kier molecular flexibility index (Phi) is 5.86. The van der Waals surface area contributed by atoms with Crippen LogP contribution in [0.2, 0.25) is 0 Å². The van der Waals surface area contributed by atoms with E-state index in [1.807, 2.05) is 37.2 Å². The highest BCUT2D eigenvalue weighted by Crippen LogP contribution is 2.40. The van der Waals surface area contributed by atoms with E-state index in [0.717, 1.165) is 11.4 Å². The number of imide groups is 1. The van der Waals surface area contributed by atoms with Crippen LogP contribution in [0.25, 0.3) is 5.57 Å². The van der Waals surface area contributed by atoms with E-state index in [4.69, 9.17) is 9.15 Å². The molecule has 2 amide bonds. The van der Waals surface area contributed by atoms with Crippen molar-refractivity contribution in [1.82, 2.24) is 0 Å². The Bertz CT molecular complexity index is 1120. The summed E-state index contributed by atoms with van der Waals surface area (Å²) in [4.78, 5) is 30.4. The van der Waals surface area contributed by atoms with Crippen LogP contribution in [0.4, 0.5) is 11.4 Å². The number of anilines is 2. The first kappa shape index (κ1) is 20.8. The summed E-state index contributed by atoms with van der Waals surface area (Å²) in [6.45, 7) is 0. The molecule has 0 unspecified atom stereocenters. The third-order valence-corrected chi connectivity index (χ3v) is 6.08. The average Bonchev–Trinajstić information content (AvgIpc) is 3.38. The Morgan fingerprint density at radius 2 is 1.68 bits per heavy atom. The van der Waals surface area contributed by atoms with E-state index in [2.05, 4.69) is 0 Å². The quantitative estimate of drug-likeness (QED) is 0.508. The van der Waals surface area contributed by atoms with Gasteiger partial charge in [0.1, 0.15) is 11.5 Å². The number of carbonyl (C=O) groups excluding carboxylic acids is 2. The summed E-state index contributed by atoms with van der Waals surface area (Å²) >= 11 is 1.31. The van der Waals surface area contributed by atoms with E-state index in [1.54, 1.807) is 55.8 Å². The minimum atomic E-state index is -0.338. The molecule has 31 heavy (non-hydrogen) atoms. The van der Waals surface area contributed by atoms with Crippen molar-refractivity contribution in [3.63, 3.8) is 0 Å². The highest BCUT2D eigenvalue weighted by Gasteiger charge is 2.40. The van der Waals surface area contributed by atoms with Gasteiger partial charge in [0.15, 0.2) is 0 Å². The fraction of sp³-hybridized carbons (Fsp3) is 0.167. The first-order valence-corrected chi connectivity index (χ1v) is 10.7. The lowest BCUT2D eigenvalue weighted by atomic mass is 10.1. The molecule has 2 aromatic carbocycles. The molecule has 3 aromatic rings. The molecule has 1 aliphatic heterocycles. The Morgan fingerprint density at radius 1 is 0.968 bits per heavy atom. The molecule has 0 bridgehead atoms. The fourth-order valence-electron chi connectivity index (χ4n) is 3.33. The van der Waals surface area contributed by atoms with Gasteiger partial charge in [-0.15, -0.1) is 11.8 Å². The molecule has 158 valence electrons. The van der Waals surface area contributed by atoms with Crippen LogP contribution in [-0.4, -0.2) is 33.0 Å². The molecular formula is C24H22N2O4S. The largest absolute Gasteiger partial charge is 0.497 e. The van der Waals surface area contributed by atoms with Gasteiger partial charge in [-0.3, -0.25) is 9.59 Å². The summed E-state index contributed by atoms with van der Waals surface area (Å²) in [6, 6.07) is 18.2. The fourth-order valence-corrected chi connectivity index (χ4v) is 4.34. The zero-order chi connectivity index (χ0) is 22.0. The van der Waals surface area contributed by atoms with Gasteiger partial charge in [0.2, 0.25) is 0 Å². The van der Waals surface area contributed by atoms with Gasteiger partial charge in [-0.05, 0) is 54.1 Å². The van der Waals surface area contributed by atoms with E-state index in [1.165, 1.54) is 16.7 Å². The lowest BCUT2D eigenvalue weighted by molar-refractivity contribution is -0.119. The zero-order valence-electron chi connectivity index (χ0n) is 17.5. The van der Waals surface area contributed by atoms with Crippen LogP contribution in [0.5, 0.6) is 5.75 Å². The molecule has 0 radical (unpaired) electrons. The molecule has 0 spiro atoms. The molecule has 4 rings (SSSR count). The van der Waals surface area contributed by atoms with Gasteiger partial charge in [0.05, 0.1) is 35.3 Å². The summed E-state index contributed by atoms with van der Waals surface area (Å²) in [6.07, 6.45) is 1.59. The highest BCUT2D eigenvalue weighted by atomic mass is 32.2. The molecule has 0 aliphatic carbocycles. The molecule has 7 heteroatoms. The molecule has 0 saturated heterocycles. The predicted octanol–water partition coefficient (Wildman–Crippen LogP) is 4.57. The SMILES string of the molecule is COc1ccc(C2=C(SCc3ccco3)C(=O)N(c3ccc(N(C)C)cc3)C2=O)cc1. The van der Waals surface area contributed by atoms with Gasteiger partial charge in [-0.2, -0.15) is 0 Å². The number of benzene rings is 2. The second kappa shape index (κ2) is 8.73. The Morgan fingerprint density at radius 3 is 2.26 bits per heavy atom. The van der Waals surface area contributed by atoms with Crippen molar-refractivity contribution in [2.75, 3.05) is 31.0 Å². The van der Waals surface area contributed by atoms with E-state index in [9.17, 15) is 9.59 Å². The topological polar surface area (TPSA) is 63.0 Å². The molecule has 1 aromatic heterocycles. The van der Waals surface area contributed by atoms with Crippen LogP contribution in [0, 0.1) is 0 Å². The van der Waals surface area contributed by atoms with Crippen molar-refractivity contribution >= 4 is 40.5 Å². The van der Waals surface area contributed by atoms with Crippen LogP contribution >= 0.6 is 11.8 Å². The van der Waals surface area contributed by atoms with Crippen molar-refractivity contribution < 1.29 is 18.7 Å². The number of hydrogen-bond donors (Lipinski definition) is 0. The molecule has 2 heterocycles. The van der Waals surface area contributed by atoms with Crippen molar-refractivity contribution in [3.05, 3.63) is 83.2 Å². The van der Waals surface area contributed by atoms with Crippen molar-refractivity contribution in [1.29, 1.82) is 0 Å². The van der Waals surface area contributed by atoms with Crippen LogP contribution in [0.1, 0.15) is 11.3 Å². The number of methoxy groups -OCH3 is 1. The first-order chi connectivity index (χ1) is 15.0. The summed E-state index contributed by atoms with van der Waals surface area (Å²) in [5.74, 6) is 1.20. The Balaban J connectivity index is 1.71. The average molecular weight is 435 g/mol. The zero-order valence-corrected chi connectivity index (χ0v) is 18.3. The number of amides is 2. The van der Waals surface area contributed by atoms with Crippen LogP contribution < -0.4 is 14.5 Å². The lowest BCUT2D eigenvalue weighted by Crippen LogP contribution is -2.31. The van der Waals surface area contributed by atoms with E-state index < -0.39 is 0 Å². The summed E-state index contributed by atoms with van der Waals surface area (Å²) < 4.78 is 10.6. The molecule has 1 aliphatic rings. The van der Waals surface area contributed by atoms with E-state index >= 15 is 0 Å². The van der Waals surface area contributed by atoms with Gasteiger partial charge in [0, 0.05) is 19.8 Å². The molecular weight excluding hydrogens is 412 g/mol. The first-order valence-electron chi connectivity index (χ1n) is 9.69. The van der Waals surface area contributed by atoms with Gasteiger partial charge >= 0.3 is 0 Å². The van der Waals surface area contributed by atoms with Crippen molar-refractivity contribution in [2.45, 2.75) is 5.75 Å². The van der Waals surface area contributed by atoms with Crippen molar-refractivity contribution in [2.24, 2.45) is 0 Å². The monoisotopic (exact) mass is 434 g/mol. The molecule has 0 N–H and O–H groups in total. The molecule has 0 fully saturated rings. The number of carbonyl (C=O) groups is 2. The minimum Gasteiger partial charge on any atom is -0.497 e. The summed E-state index contributed by atoms with van der Waals surface area (Å²) in [5.41, 5.74) is 2.59. The number of nitrogens with zero attached hydrogens (tertiary/aromatic N) is 2. The van der Waals surface area contributed by atoms with E-state index in [-0.39, 0.29) is 11.8 Å². The van der Waals surface area contributed by atoms with Crippen LogP contribution in [0.3, 0.4) is 0 Å². The minimum absolute atomic E-state index is 0.329. The Hall–Kier alpha value is -3.45. The number of thioether (sulfide) groups is 1. The predicted molar refractivity (Wildman–Crippen MR) is 123 cm³/mol. The Labute approximate surface area is 185 Å². The second-order valence-electron chi connectivity index (χ2n) is 7.16. The number of hydrogen-bond acceptors (Lipinski definition) is 6. The maximum absolute atomic E-state index is 13.4. The molecule has 0 atom stereocenters. The van der Waals surface area contributed by atoms with E-state index in [0.29, 0.717) is 33.2 Å². The third kappa shape index (κ3) is 4.09. The number of ether oxygens (including phenoxy) is 1. The standard InChI is InChI=1S/C24H22N2O4S/c1-25(2)17-8-10-18(11-9-17)26-23(27)21(16-6-12-19(29-3)13-7-16)22(24(26)28)31-15-20-5-4-14-30-20/h4-14H,15H2,1-3H3. The maximum Gasteiger partial charge on any atom is 0.272 e. The third-order valence-electron chi connectivity index (χ3n) is 4.98. The van der Waals surface area contributed by atoms with Gasteiger partial charge in [0.25, 0.3) is 11.8 Å². The number of rotatable bonds is 7. The summed E-state index contributed by atoms with van der Waals surface area (Å²) in [5, 5.41) is 0. The van der Waals surface area contributed by atoms with Crippen molar-refractivity contribution in [3.8, 4) is 5.75 Å². The highest BCUT2D eigenvalue weighted by molar-refractivity contribution is 8.03. The molecule has 6 nitrogen and oxygen atoms in total. The smallest absolute Gasteiger partial charge is 0.272 e. The van der Waals surface area contributed by atoms with Crippen LogP contribution in [-0.2, 0) is 15.3 Å². The number of furan rings is 1.